The summed E-state index contributed by atoms with van der Waals surface area (Å²) in [5.41, 5.74) is 0. The molecular weight excluding hydrogens is 510 g/mol. The van der Waals surface area contributed by atoms with Crippen molar-refractivity contribution in [2.24, 2.45) is 0 Å². The van der Waals surface area contributed by atoms with Crippen molar-refractivity contribution in [3.05, 3.63) is 0 Å². The monoisotopic (exact) mass is 545 g/mol. The lowest BCUT2D eigenvalue weighted by molar-refractivity contribution is -0.353. The van der Waals surface area contributed by atoms with E-state index in [0.29, 0.717) is 0 Å². The van der Waals surface area contributed by atoms with Gasteiger partial charge >= 0.3 is 0 Å². The van der Waals surface area contributed by atoms with Crippen molar-refractivity contribution in [2.75, 3.05) is 19.8 Å². The van der Waals surface area contributed by atoms with Crippen LogP contribution in [-0.2, 0) is 28.5 Å². The van der Waals surface area contributed by atoms with Crippen molar-refractivity contribution in [3.63, 3.8) is 0 Å². The van der Waals surface area contributed by atoms with Crippen LogP contribution in [0.2, 0.25) is 0 Å². The van der Waals surface area contributed by atoms with E-state index in [1.165, 1.54) is 0 Å². The Hall–Kier alpha value is -1.13. The summed E-state index contributed by atoms with van der Waals surface area (Å²) in [6.45, 7) is -0.984. The maximum absolute atomic E-state index is 11.6. The number of hydrogen-bond acceptors (Lipinski definition) is 16. The third kappa shape index (κ3) is 6.55. The highest BCUT2D eigenvalue weighted by Gasteiger charge is 2.52. The second-order valence-corrected chi connectivity index (χ2v) is 9.11. The molecule has 3 aliphatic heterocycles. The molecule has 3 rings (SSSR count). The molecule has 0 aromatic rings. The first-order valence-electron chi connectivity index (χ1n) is 11.6. The Labute approximate surface area is 210 Å². The summed E-state index contributed by atoms with van der Waals surface area (Å²) in [5.74, 6) is -0.644. The molecule has 0 aromatic heterocycles. The van der Waals surface area contributed by atoms with Crippen LogP contribution in [0.1, 0.15) is 6.92 Å². The van der Waals surface area contributed by atoms with Gasteiger partial charge in [-0.15, -0.1) is 0 Å². The Morgan fingerprint density at radius 1 is 0.703 bits per heavy atom. The van der Waals surface area contributed by atoms with Gasteiger partial charge in [-0.3, -0.25) is 4.79 Å². The van der Waals surface area contributed by atoms with Crippen molar-refractivity contribution >= 4 is 5.91 Å². The van der Waals surface area contributed by atoms with Gasteiger partial charge < -0.3 is 80.1 Å². The lowest BCUT2D eigenvalue weighted by Crippen LogP contribution is -2.67. The van der Waals surface area contributed by atoms with Gasteiger partial charge in [0.05, 0.1) is 19.8 Å². The number of carbonyl (C=O) groups is 1. The van der Waals surface area contributed by atoms with Crippen LogP contribution in [0.3, 0.4) is 0 Å². The number of aliphatic hydroxyl groups is 10. The fraction of sp³-hybridized carbons (Fsp3) is 0.950. The van der Waals surface area contributed by atoms with E-state index in [-0.39, 0.29) is 0 Å². The third-order valence-electron chi connectivity index (χ3n) is 6.48. The van der Waals surface area contributed by atoms with Crippen molar-refractivity contribution in [2.45, 2.75) is 99.0 Å². The lowest BCUT2D eigenvalue weighted by atomic mass is 9.95. The summed E-state index contributed by atoms with van der Waals surface area (Å²) < 4.78 is 27.0. The van der Waals surface area contributed by atoms with Gasteiger partial charge in [0, 0.05) is 6.92 Å². The highest BCUT2D eigenvalue weighted by atomic mass is 16.7. The lowest BCUT2D eigenvalue weighted by Gasteiger charge is -2.47. The van der Waals surface area contributed by atoms with Crippen molar-refractivity contribution < 1.29 is 79.5 Å². The molecule has 3 saturated heterocycles. The number of hydrogen-bond donors (Lipinski definition) is 11. The fourth-order valence-electron chi connectivity index (χ4n) is 4.36. The van der Waals surface area contributed by atoms with Crippen LogP contribution in [0, 0.1) is 0 Å². The quantitative estimate of drug-likeness (QED) is 0.135. The number of rotatable bonds is 8. The van der Waals surface area contributed by atoms with Gasteiger partial charge in [0.15, 0.2) is 18.9 Å². The van der Waals surface area contributed by atoms with E-state index >= 15 is 0 Å². The Bertz CT molecular complexity index is 743. The summed E-state index contributed by atoms with van der Waals surface area (Å²) in [6, 6.07) is -1.43. The van der Waals surface area contributed by atoms with Crippen LogP contribution >= 0.6 is 0 Å². The molecular formula is C20H35NO16. The molecule has 1 amide bonds. The van der Waals surface area contributed by atoms with Crippen LogP contribution in [0.4, 0.5) is 0 Å². The molecule has 11 N–H and O–H groups in total. The fourth-order valence-corrected chi connectivity index (χ4v) is 4.36. The van der Waals surface area contributed by atoms with Gasteiger partial charge in [-0.05, 0) is 0 Å². The smallest absolute Gasteiger partial charge is 0.217 e. The molecule has 0 spiro atoms. The van der Waals surface area contributed by atoms with E-state index in [1.54, 1.807) is 0 Å². The molecule has 0 saturated carbocycles. The SMILES string of the molecule is CC(=O)NC1C(O)OC(COC2OC(CO)C(O)C(O)C2O)C(OC2OC(CO)C(O)C(O)C2O)C1O. The van der Waals surface area contributed by atoms with E-state index < -0.39 is 118 Å². The molecule has 37 heavy (non-hydrogen) atoms. The summed E-state index contributed by atoms with van der Waals surface area (Å²) in [6.07, 6.45) is -23.0. The van der Waals surface area contributed by atoms with Crippen LogP contribution in [0.5, 0.6) is 0 Å². The number of carbonyl (C=O) groups excluding carboxylic acids is 1. The first kappa shape index (κ1) is 30.4. The summed E-state index contributed by atoms with van der Waals surface area (Å²) in [7, 11) is 0. The average Bonchev–Trinajstić information content (AvgIpc) is 2.86. The van der Waals surface area contributed by atoms with E-state index in [4.69, 9.17) is 23.7 Å². The molecule has 3 heterocycles. The Morgan fingerprint density at radius 3 is 1.73 bits per heavy atom. The minimum Gasteiger partial charge on any atom is -0.394 e. The van der Waals surface area contributed by atoms with Gasteiger partial charge in [-0.25, -0.2) is 0 Å². The molecule has 3 fully saturated rings. The zero-order valence-electron chi connectivity index (χ0n) is 19.7. The second kappa shape index (κ2) is 12.8. The third-order valence-corrected chi connectivity index (χ3v) is 6.48. The molecule has 0 radical (unpaired) electrons. The highest BCUT2D eigenvalue weighted by Crippen LogP contribution is 2.30. The van der Waals surface area contributed by atoms with Crippen molar-refractivity contribution in [3.8, 4) is 0 Å². The van der Waals surface area contributed by atoms with E-state index in [2.05, 4.69) is 5.32 Å². The van der Waals surface area contributed by atoms with Crippen LogP contribution in [0.25, 0.3) is 0 Å². The Kier molecular flexibility index (Phi) is 10.5. The molecule has 17 heteroatoms. The maximum Gasteiger partial charge on any atom is 0.217 e. The molecule has 15 unspecified atom stereocenters. The van der Waals surface area contributed by atoms with Gasteiger partial charge in [0.1, 0.15) is 73.2 Å². The van der Waals surface area contributed by atoms with Gasteiger partial charge in [-0.2, -0.15) is 0 Å². The largest absolute Gasteiger partial charge is 0.394 e. The van der Waals surface area contributed by atoms with Crippen LogP contribution < -0.4 is 5.32 Å². The molecule has 3 aliphatic rings. The minimum absolute atomic E-state index is 0.619. The zero-order chi connectivity index (χ0) is 27.6. The molecule has 0 aromatic carbocycles. The van der Waals surface area contributed by atoms with E-state index in [0.717, 1.165) is 6.92 Å². The van der Waals surface area contributed by atoms with E-state index in [9.17, 15) is 55.9 Å². The number of amides is 1. The zero-order valence-corrected chi connectivity index (χ0v) is 19.7. The molecule has 15 atom stereocenters. The van der Waals surface area contributed by atoms with Gasteiger partial charge in [0.25, 0.3) is 0 Å². The predicted octanol–water partition coefficient (Wildman–Crippen LogP) is -7.43. The summed E-state index contributed by atoms with van der Waals surface area (Å²) in [4.78, 5) is 11.6. The summed E-state index contributed by atoms with van der Waals surface area (Å²) >= 11 is 0. The number of aliphatic hydroxyl groups excluding tert-OH is 10. The van der Waals surface area contributed by atoms with Crippen molar-refractivity contribution in [1.29, 1.82) is 0 Å². The van der Waals surface area contributed by atoms with Gasteiger partial charge in [0.2, 0.25) is 5.91 Å². The Morgan fingerprint density at radius 2 is 1.22 bits per heavy atom. The van der Waals surface area contributed by atoms with Gasteiger partial charge in [-0.1, -0.05) is 0 Å². The predicted molar refractivity (Wildman–Crippen MR) is 113 cm³/mol. The van der Waals surface area contributed by atoms with Crippen LogP contribution in [0.15, 0.2) is 0 Å². The number of ether oxygens (including phenoxy) is 5. The van der Waals surface area contributed by atoms with Crippen molar-refractivity contribution in [1.82, 2.24) is 5.32 Å². The minimum atomic E-state index is -1.86. The molecule has 0 aliphatic carbocycles. The Balaban J connectivity index is 1.78. The van der Waals surface area contributed by atoms with Crippen LogP contribution in [-0.4, -0.2) is 169 Å². The molecule has 0 bridgehead atoms. The summed E-state index contributed by atoms with van der Waals surface area (Å²) in [5, 5.41) is 103. The first-order chi connectivity index (χ1) is 17.4. The standard InChI is InChI=1S/C20H35NO16/c1-5(24)21-9-12(27)17(37-20-16(31)14(29)11(26)7(3-23)36-20)8(34-18(9)32)4-33-19-15(30)13(28)10(25)6(2-22)35-19/h6-20,22-23,25-32H,2-4H2,1H3,(H,21,24). The first-order valence-corrected chi connectivity index (χ1v) is 11.6. The highest BCUT2D eigenvalue weighted by molar-refractivity contribution is 5.73. The molecule has 216 valence electrons. The molecule has 17 nitrogen and oxygen atoms in total. The topological polar surface area (TPSA) is 278 Å². The maximum atomic E-state index is 11.6. The van der Waals surface area contributed by atoms with E-state index in [1.807, 2.05) is 0 Å². The second-order valence-electron chi connectivity index (χ2n) is 9.11. The average molecular weight is 545 g/mol. The normalized spacial score (nSPS) is 49.0. The number of nitrogens with one attached hydrogen (secondary N) is 1.